The minimum absolute atomic E-state index is 1.25. The van der Waals surface area contributed by atoms with E-state index in [1.54, 1.807) is 0 Å². The lowest BCUT2D eigenvalue weighted by Gasteiger charge is -2.03. The first-order valence-electron chi connectivity index (χ1n) is 9.82. The van der Waals surface area contributed by atoms with Crippen molar-refractivity contribution in [3.05, 3.63) is 83.4 Å². The molecule has 2 heterocycles. The lowest BCUT2D eigenvalue weighted by molar-refractivity contribution is -0.683. The van der Waals surface area contributed by atoms with Crippen LogP contribution in [-0.2, 0) is 14.1 Å². The number of fused-ring (bicyclic) bond motifs is 1. The van der Waals surface area contributed by atoms with Gasteiger partial charge in [-0.05, 0) is 45.5 Å². The molecule has 0 atom stereocenters. The predicted molar refractivity (Wildman–Crippen MR) is 115 cm³/mol. The van der Waals surface area contributed by atoms with Gasteiger partial charge in [-0.3, -0.25) is 0 Å². The van der Waals surface area contributed by atoms with Crippen LogP contribution in [-0.4, -0.2) is 0 Å². The molecular weight excluding hydrogens is 340 g/mol. The first kappa shape index (κ1) is 18.4. The quantitative estimate of drug-likeness (QED) is 0.440. The third-order valence-electron chi connectivity index (χ3n) is 6.08. The minimum atomic E-state index is 1.25. The summed E-state index contributed by atoms with van der Waals surface area (Å²) in [5, 5.41) is 0. The Hall–Kier alpha value is -3.00. The number of hydrogen-bond acceptors (Lipinski definition) is 0. The molecule has 0 aliphatic heterocycles. The van der Waals surface area contributed by atoms with Crippen molar-refractivity contribution in [1.29, 1.82) is 0 Å². The minimum Gasteiger partial charge on any atom is -0.203 e. The molecule has 2 aliphatic rings. The smallest absolute Gasteiger partial charge is 0.178 e. The molecule has 0 saturated carbocycles. The van der Waals surface area contributed by atoms with Crippen LogP contribution in [0.15, 0.2) is 60.7 Å². The van der Waals surface area contributed by atoms with Crippen LogP contribution in [0.25, 0.3) is 33.4 Å². The molecule has 0 bridgehead atoms. The van der Waals surface area contributed by atoms with Crippen molar-refractivity contribution in [2.24, 2.45) is 14.1 Å². The van der Waals surface area contributed by atoms with E-state index in [1.165, 1.54) is 56.2 Å². The Morgan fingerprint density at radius 1 is 0.393 bits per heavy atom. The van der Waals surface area contributed by atoms with Crippen LogP contribution in [0.2, 0.25) is 0 Å². The van der Waals surface area contributed by atoms with Crippen molar-refractivity contribution in [2.75, 3.05) is 0 Å². The highest BCUT2D eigenvalue weighted by Crippen LogP contribution is 2.33. The van der Waals surface area contributed by atoms with Gasteiger partial charge in [-0.15, -0.1) is 0 Å². The Bertz CT molecular complexity index is 1040. The molecule has 0 saturated heterocycles. The number of rotatable bonds is 2. The molecule has 2 aromatic heterocycles. The first-order valence-corrected chi connectivity index (χ1v) is 9.82. The molecule has 0 unspecified atom stereocenters. The molecule has 2 aliphatic carbocycles. The second-order valence-electron chi connectivity index (χ2n) is 7.95. The van der Waals surface area contributed by atoms with Crippen LogP contribution in [0.4, 0.5) is 0 Å². The lowest BCUT2D eigenvalue weighted by atomic mass is 10.1. The highest BCUT2D eigenvalue weighted by Gasteiger charge is 2.14. The molecular formula is C26H28N2+2. The van der Waals surface area contributed by atoms with Crippen molar-refractivity contribution in [3.8, 4) is 33.4 Å². The number of aryl methyl sites for hydroxylation is 4. The van der Waals surface area contributed by atoms with Gasteiger partial charge >= 0.3 is 0 Å². The number of pyridine rings is 2. The second kappa shape index (κ2) is 6.87. The molecule has 2 aromatic rings. The summed E-state index contributed by atoms with van der Waals surface area (Å²) in [5.41, 5.74) is 12.7. The van der Waals surface area contributed by atoms with E-state index in [9.17, 15) is 0 Å². The maximum absolute atomic E-state index is 2.30. The van der Waals surface area contributed by atoms with Crippen LogP contribution in [0.3, 0.4) is 0 Å². The molecule has 0 amide bonds. The fraction of sp³-hybridized carbons (Fsp3) is 0.231. The maximum atomic E-state index is 2.30. The van der Waals surface area contributed by atoms with E-state index in [0.29, 0.717) is 0 Å². The zero-order valence-electron chi connectivity index (χ0n) is 17.7. The molecule has 0 aromatic carbocycles. The summed E-state index contributed by atoms with van der Waals surface area (Å²) in [5.74, 6) is 0. The fourth-order valence-corrected chi connectivity index (χ4v) is 3.87. The van der Waals surface area contributed by atoms with Crippen molar-refractivity contribution < 1.29 is 9.13 Å². The van der Waals surface area contributed by atoms with Gasteiger partial charge in [0.2, 0.25) is 0 Å². The number of aromatic nitrogens is 2. The van der Waals surface area contributed by atoms with E-state index >= 15 is 0 Å². The van der Waals surface area contributed by atoms with E-state index in [4.69, 9.17) is 0 Å². The normalized spacial score (nSPS) is 11.2. The summed E-state index contributed by atoms with van der Waals surface area (Å²) in [6.45, 7) is 8.64. The maximum Gasteiger partial charge on any atom is 0.178 e. The van der Waals surface area contributed by atoms with Crippen LogP contribution >= 0.6 is 0 Å². The van der Waals surface area contributed by atoms with E-state index in [1.807, 2.05) is 0 Å². The summed E-state index contributed by atoms with van der Waals surface area (Å²) in [7, 11) is 4.23. The standard InChI is InChI=1S/C26H28N2/c1-17-11-24(12-18(2)27(17)5)21-7-9-22-15-26(16-23(22)10-8-21)25-13-19(3)28(6)20(4)14-25/h7-16H,1-6H3/q+2. The van der Waals surface area contributed by atoms with E-state index in [-0.39, 0.29) is 0 Å². The Balaban J connectivity index is 1.78. The monoisotopic (exact) mass is 368 g/mol. The van der Waals surface area contributed by atoms with Gasteiger partial charge in [0.1, 0.15) is 14.1 Å². The summed E-state index contributed by atoms with van der Waals surface area (Å²) in [6, 6.07) is 22.6. The molecule has 0 spiro atoms. The third-order valence-corrected chi connectivity index (χ3v) is 6.08. The molecule has 0 N–H and O–H groups in total. The van der Waals surface area contributed by atoms with Crippen LogP contribution in [0, 0.1) is 27.7 Å². The summed E-state index contributed by atoms with van der Waals surface area (Å²) in [6.07, 6.45) is 0. The first-order chi connectivity index (χ1) is 13.3. The van der Waals surface area contributed by atoms with Gasteiger partial charge in [-0.1, -0.05) is 24.3 Å². The topological polar surface area (TPSA) is 7.76 Å². The molecule has 2 heteroatoms. The summed E-state index contributed by atoms with van der Waals surface area (Å²) < 4.78 is 4.45. The number of nitrogens with zero attached hydrogens (tertiary/aromatic N) is 2. The van der Waals surface area contributed by atoms with Crippen molar-refractivity contribution in [3.63, 3.8) is 0 Å². The van der Waals surface area contributed by atoms with Crippen LogP contribution < -0.4 is 9.13 Å². The van der Waals surface area contributed by atoms with Crippen molar-refractivity contribution >= 4 is 0 Å². The van der Waals surface area contributed by atoms with Gasteiger partial charge in [0.15, 0.2) is 22.8 Å². The molecule has 28 heavy (non-hydrogen) atoms. The van der Waals surface area contributed by atoms with Crippen molar-refractivity contribution in [2.45, 2.75) is 27.7 Å². The average molecular weight is 369 g/mol. The molecule has 0 radical (unpaired) electrons. The highest BCUT2D eigenvalue weighted by molar-refractivity contribution is 5.81. The fourth-order valence-electron chi connectivity index (χ4n) is 3.87. The van der Waals surface area contributed by atoms with Gasteiger partial charge in [0.25, 0.3) is 0 Å². The second-order valence-corrected chi connectivity index (χ2v) is 7.95. The lowest BCUT2D eigenvalue weighted by Crippen LogP contribution is -2.35. The Labute approximate surface area is 168 Å². The van der Waals surface area contributed by atoms with E-state index in [2.05, 4.69) is 112 Å². The number of hydrogen-bond donors (Lipinski definition) is 0. The molecule has 0 fully saturated rings. The highest BCUT2D eigenvalue weighted by atomic mass is 14.9. The van der Waals surface area contributed by atoms with Gasteiger partial charge in [0, 0.05) is 52.0 Å². The van der Waals surface area contributed by atoms with Crippen LogP contribution in [0.5, 0.6) is 0 Å². The molecule has 4 rings (SSSR count). The molecule has 140 valence electrons. The van der Waals surface area contributed by atoms with Crippen molar-refractivity contribution in [1.82, 2.24) is 0 Å². The Kier molecular flexibility index (Phi) is 4.50. The van der Waals surface area contributed by atoms with Gasteiger partial charge in [-0.2, -0.15) is 0 Å². The Morgan fingerprint density at radius 2 is 0.679 bits per heavy atom. The average Bonchev–Trinajstić information content (AvgIpc) is 2.96. The van der Waals surface area contributed by atoms with Gasteiger partial charge < -0.3 is 0 Å². The zero-order valence-corrected chi connectivity index (χ0v) is 17.7. The van der Waals surface area contributed by atoms with Gasteiger partial charge in [-0.25, -0.2) is 9.13 Å². The van der Waals surface area contributed by atoms with Crippen LogP contribution in [0.1, 0.15) is 22.8 Å². The molecule has 2 nitrogen and oxygen atoms in total. The van der Waals surface area contributed by atoms with Gasteiger partial charge in [0.05, 0.1) is 0 Å². The largest absolute Gasteiger partial charge is 0.203 e. The Morgan fingerprint density at radius 3 is 1.07 bits per heavy atom. The zero-order chi connectivity index (χ0) is 20.0. The SMILES string of the molecule is Cc1cc(-c2ccc3cc(-c4cc(C)[n+](C)c(C)c4)cc-3cc2)cc(C)[n+]1C. The van der Waals surface area contributed by atoms with E-state index in [0.717, 1.165) is 0 Å². The third kappa shape index (κ3) is 3.20. The predicted octanol–water partition coefficient (Wildman–Crippen LogP) is 5.01. The van der Waals surface area contributed by atoms with E-state index < -0.39 is 0 Å². The summed E-state index contributed by atoms with van der Waals surface area (Å²) in [4.78, 5) is 0. The summed E-state index contributed by atoms with van der Waals surface area (Å²) >= 11 is 0.